The monoisotopic (exact) mass is 625 g/mol. The molecule has 0 aliphatic heterocycles. The summed E-state index contributed by atoms with van der Waals surface area (Å²) in [5.41, 5.74) is 13.7. The van der Waals surface area contributed by atoms with Crippen LogP contribution in [-0.2, 0) is 0 Å². The summed E-state index contributed by atoms with van der Waals surface area (Å²) >= 11 is 5.36. The number of aromatic nitrogens is 4. The van der Waals surface area contributed by atoms with Gasteiger partial charge in [-0.25, -0.2) is 27.8 Å². The van der Waals surface area contributed by atoms with Gasteiger partial charge in [0, 0.05) is 29.4 Å². The molecule has 226 valence electrons. The first-order valence-corrected chi connectivity index (χ1v) is 14.0. The Morgan fingerprint density at radius 1 is 0.886 bits per heavy atom. The van der Waals surface area contributed by atoms with E-state index >= 15 is 4.39 Å². The van der Waals surface area contributed by atoms with E-state index in [2.05, 4.69) is 9.97 Å². The highest BCUT2D eigenvalue weighted by Gasteiger charge is 2.31. The molecule has 0 amide bonds. The Balaban J connectivity index is 1.30. The zero-order valence-electron chi connectivity index (χ0n) is 22.9. The number of thiocarbonyl (C=S) groups is 1. The third-order valence-corrected chi connectivity index (χ3v) is 7.85. The lowest BCUT2D eigenvalue weighted by Gasteiger charge is -2.37. The van der Waals surface area contributed by atoms with E-state index in [0.29, 0.717) is 23.9 Å². The lowest BCUT2D eigenvalue weighted by molar-refractivity contribution is 0.310. The van der Waals surface area contributed by atoms with Gasteiger partial charge in [0.15, 0.2) is 22.4 Å². The van der Waals surface area contributed by atoms with E-state index in [4.69, 9.17) is 33.5 Å². The summed E-state index contributed by atoms with van der Waals surface area (Å²) in [5.74, 6) is -9.37. The summed E-state index contributed by atoms with van der Waals surface area (Å²) in [5, 5.41) is 5.30. The van der Waals surface area contributed by atoms with Gasteiger partial charge >= 0.3 is 0 Å². The summed E-state index contributed by atoms with van der Waals surface area (Å²) in [6.45, 7) is 0. The molecule has 1 saturated carbocycles. The van der Waals surface area contributed by atoms with Gasteiger partial charge in [-0.05, 0) is 62.2 Å². The van der Waals surface area contributed by atoms with Crippen molar-refractivity contribution >= 4 is 39.9 Å². The Bertz CT molecular complexity index is 1850. The number of ether oxygens (including phenoxy) is 1. The number of fused-ring (bicyclic) bond motifs is 1. The van der Waals surface area contributed by atoms with Crippen molar-refractivity contribution in [2.24, 2.45) is 5.73 Å². The highest BCUT2D eigenvalue weighted by atomic mass is 32.1. The van der Waals surface area contributed by atoms with E-state index in [1.54, 1.807) is 4.68 Å². The van der Waals surface area contributed by atoms with Gasteiger partial charge < -0.3 is 21.1 Å². The van der Waals surface area contributed by atoms with Crippen molar-refractivity contribution in [2.75, 3.05) is 10.6 Å². The van der Waals surface area contributed by atoms with Crippen molar-refractivity contribution in [1.82, 2.24) is 19.7 Å². The normalized spacial score (nSPS) is 16.7. The number of benzene rings is 3. The molecule has 2 aromatic heterocycles. The van der Waals surface area contributed by atoms with E-state index in [-0.39, 0.29) is 40.3 Å². The second kappa shape index (κ2) is 11.7. The molecule has 4 N–H and O–H groups in total. The predicted molar refractivity (Wildman–Crippen MR) is 158 cm³/mol. The summed E-state index contributed by atoms with van der Waals surface area (Å²) in [6.07, 6.45) is 4.15. The van der Waals surface area contributed by atoms with E-state index in [1.165, 1.54) is 18.5 Å². The lowest BCUT2D eigenvalue weighted by atomic mass is 9.90. The second-order valence-corrected chi connectivity index (χ2v) is 10.7. The molecule has 1 aliphatic rings. The zero-order chi connectivity index (χ0) is 31.1. The van der Waals surface area contributed by atoms with Crippen LogP contribution in [0.15, 0.2) is 60.9 Å². The van der Waals surface area contributed by atoms with Gasteiger partial charge in [-0.1, -0.05) is 18.2 Å². The maximum absolute atomic E-state index is 15.5. The van der Waals surface area contributed by atoms with Gasteiger partial charge in [0.05, 0.1) is 11.4 Å². The van der Waals surface area contributed by atoms with Crippen molar-refractivity contribution in [3.8, 4) is 22.8 Å². The van der Waals surface area contributed by atoms with Crippen molar-refractivity contribution in [3.05, 3.63) is 90.0 Å². The van der Waals surface area contributed by atoms with Crippen LogP contribution in [0.4, 0.5) is 33.5 Å². The third-order valence-electron chi connectivity index (χ3n) is 7.65. The molecular weight excluding hydrogens is 601 g/mol. The number of hydrogen-bond acceptors (Lipinski definition) is 6. The number of nitrogens with two attached hydrogens (primary N) is 2. The van der Waals surface area contributed by atoms with Gasteiger partial charge in [0.25, 0.3) is 0 Å². The molecule has 5 aromatic rings. The van der Waals surface area contributed by atoms with E-state index in [0.717, 1.165) is 24.6 Å². The average Bonchev–Trinajstić information content (AvgIpc) is 3.40. The van der Waals surface area contributed by atoms with E-state index in [1.807, 2.05) is 35.2 Å². The SMILES string of the molecule is NC(=S)N(c1ccccc1)C1CCC(n2nc(-c3ccc(Oc4c(F)c(F)cc(F)c4F)cc3F)c3c(N)ncnc32)CC1. The van der Waals surface area contributed by atoms with Crippen LogP contribution in [0.1, 0.15) is 31.7 Å². The van der Waals surface area contributed by atoms with Crippen LogP contribution in [0.3, 0.4) is 0 Å². The Labute approximate surface area is 253 Å². The standard InChI is InChI=1S/C30H24F5N7OS/c31-20-12-18(43-27-24(34)21(32)13-22(33)25(27)35)10-11-19(20)26-23-28(36)38-14-39-29(23)42(40-26)17-8-6-16(7-9-17)41(30(37)44)15-4-2-1-3-5-15/h1-5,10-14,16-17H,6-9H2,(H2,37,44)(H2,36,38,39). The van der Waals surface area contributed by atoms with Gasteiger partial charge in [-0.2, -0.15) is 13.9 Å². The molecule has 1 fully saturated rings. The lowest BCUT2D eigenvalue weighted by Crippen LogP contribution is -2.45. The largest absolute Gasteiger partial charge is 0.451 e. The Morgan fingerprint density at radius 3 is 2.20 bits per heavy atom. The first-order valence-electron chi connectivity index (χ1n) is 13.6. The molecule has 1 aliphatic carbocycles. The molecule has 0 unspecified atom stereocenters. The summed E-state index contributed by atoms with van der Waals surface area (Å²) in [4.78, 5) is 10.4. The first-order chi connectivity index (χ1) is 21.1. The van der Waals surface area contributed by atoms with Crippen LogP contribution in [0, 0.1) is 29.1 Å². The predicted octanol–water partition coefficient (Wildman–Crippen LogP) is 6.80. The topological polar surface area (TPSA) is 108 Å². The molecular formula is C30H24F5N7OS. The number of nitrogens with zero attached hydrogens (tertiary/aromatic N) is 5. The molecule has 0 saturated heterocycles. The maximum Gasteiger partial charge on any atom is 0.204 e. The summed E-state index contributed by atoms with van der Waals surface area (Å²) < 4.78 is 77.7. The molecule has 14 heteroatoms. The minimum Gasteiger partial charge on any atom is -0.451 e. The molecule has 0 bridgehead atoms. The molecule has 8 nitrogen and oxygen atoms in total. The summed E-state index contributed by atoms with van der Waals surface area (Å²) in [6, 6.07) is 12.9. The molecule has 3 aromatic carbocycles. The molecule has 0 spiro atoms. The zero-order valence-corrected chi connectivity index (χ0v) is 23.7. The van der Waals surface area contributed by atoms with Crippen LogP contribution in [0.25, 0.3) is 22.3 Å². The smallest absolute Gasteiger partial charge is 0.204 e. The minimum atomic E-state index is -1.75. The van der Waals surface area contributed by atoms with E-state index < -0.39 is 40.6 Å². The fourth-order valence-corrected chi connectivity index (χ4v) is 5.87. The van der Waals surface area contributed by atoms with Crippen LogP contribution < -0.4 is 21.1 Å². The number of rotatable bonds is 6. The van der Waals surface area contributed by atoms with Crippen LogP contribution in [-0.4, -0.2) is 30.9 Å². The van der Waals surface area contributed by atoms with Crippen LogP contribution in [0.2, 0.25) is 0 Å². The quantitative estimate of drug-likeness (QED) is 0.121. The van der Waals surface area contributed by atoms with Gasteiger partial charge in [0.1, 0.15) is 29.4 Å². The number of nitrogen functional groups attached to an aromatic ring is 1. The maximum atomic E-state index is 15.5. The average molecular weight is 626 g/mol. The Hall–Kier alpha value is -4.85. The highest BCUT2D eigenvalue weighted by Crippen LogP contribution is 2.39. The van der Waals surface area contributed by atoms with Gasteiger partial charge in [0.2, 0.25) is 17.4 Å². The van der Waals surface area contributed by atoms with E-state index in [9.17, 15) is 17.6 Å². The third kappa shape index (κ3) is 5.25. The first kappa shape index (κ1) is 29.2. The van der Waals surface area contributed by atoms with Crippen molar-refractivity contribution < 1.29 is 26.7 Å². The van der Waals surface area contributed by atoms with Gasteiger partial charge in [-0.15, -0.1) is 0 Å². The highest BCUT2D eigenvalue weighted by molar-refractivity contribution is 7.80. The minimum absolute atomic E-state index is 0.0219. The number of halogens is 5. The number of para-hydroxylation sites is 1. The Morgan fingerprint density at radius 2 is 1.57 bits per heavy atom. The van der Waals surface area contributed by atoms with Crippen molar-refractivity contribution in [2.45, 2.75) is 37.8 Å². The van der Waals surface area contributed by atoms with Gasteiger partial charge in [-0.3, -0.25) is 0 Å². The second-order valence-electron chi connectivity index (χ2n) is 10.3. The molecule has 2 heterocycles. The fourth-order valence-electron chi connectivity index (χ4n) is 5.62. The number of hydrogen-bond donors (Lipinski definition) is 2. The molecule has 6 rings (SSSR count). The van der Waals surface area contributed by atoms with Crippen molar-refractivity contribution in [1.29, 1.82) is 0 Å². The fraction of sp³-hybridized carbons (Fsp3) is 0.200. The van der Waals surface area contributed by atoms with Crippen molar-refractivity contribution in [3.63, 3.8) is 0 Å². The van der Waals surface area contributed by atoms with Crippen LogP contribution >= 0.6 is 12.2 Å². The number of anilines is 2. The Kier molecular flexibility index (Phi) is 7.76. The van der Waals surface area contributed by atoms with Crippen LogP contribution in [0.5, 0.6) is 11.5 Å². The summed E-state index contributed by atoms with van der Waals surface area (Å²) in [7, 11) is 0. The molecule has 0 radical (unpaired) electrons. The molecule has 44 heavy (non-hydrogen) atoms. The molecule has 0 atom stereocenters.